The first-order valence-corrected chi connectivity index (χ1v) is 5.18. The van der Waals surface area contributed by atoms with Crippen molar-refractivity contribution >= 4 is 11.9 Å². The molecule has 6 heteroatoms. The Balaban J connectivity index is 2.86. The molecule has 0 aromatic carbocycles. The number of aromatic nitrogens is 1. The van der Waals surface area contributed by atoms with Gasteiger partial charge < -0.3 is 14.9 Å². The van der Waals surface area contributed by atoms with Crippen molar-refractivity contribution in [2.45, 2.75) is 33.7 Å². The van der Waals surface area contributed by atoms with Gasteiger partial charge in [-0.15, -0.1) is 0 Å². The monoisotopic (exact) mass is 240 g/mol. The zero-order chi connectivity index (χ0) is 13.2. The minimum Gasteiger partial charge on any atom is -0.480 e. The van der Waals surface area contributed by atoms with Crippen molar-refractivity contribution in [2.75, 3.05) is 0 Å². The van der Waals surface area contributed by atoms with E-state index in [9.17, 15) is 9.59 Å². The number of carboxylic acids is 1. The summed E-state index contributed by atoms with van der Waals surface area (Å²) < 4.78 is 4.76. The number of hydrogen-bond acceptors (Lipinski definition) is 4. The second-order valence-corrected chi connectivity index (χ2v) is 4.95. The Hall–Kier alpha value is -1.85. The molecule has 0 bridgehead atoms. The zero-order valence-corrected chi connectivity index (χ0v) is 10.3. The van der Waals surface area contributed by atoms with E-state index in [2.05, 4.69) is 10.5 Å². The van der Waals surface area contributed by atoms with Gasteiger partial charge in [-0.3, -0.25) is 4.79 Å². The number of amides is 1. The van der Waals surface area contributed by atoms with Gasteiger partial charge in [-0.2, -0.15) is 0 Å². The highest BCUT2D eigenvalue weighted by molar-refractivity contribution is 5.95. The molecule has 1 rings (SSSR count). The summed E-state index contributed by atoms with van der Waals surface area (Å²) in [6.07, 6.45) is 1.40. The molecule has 0 fully saturated rings. The van der Waals surface area contributed by atoms with E-state index >= 15 is 0 Å². The first kappa shape index (κ1) is 13.2. The average Bonchev–Trinajstić information content (AvgIpc) is 2.58. The fourth-order valence-corrected chi connectivity index (χ4v) is 1.35. The fourth-order valence-electron chi connectivity index (χ4n) is 1.35. The molecule has 1 unspecified atom stereocenters. The van der Waals surface area contributed by atoms with Gasteiger partial charge in [0.15, 0.2) is 0 Å². The number of nitrogens with one attached hydrogen (secondary N) is 1. The second-order valence-electron chi connectivity index (χ2n) is 4.95. The molecule has 2 N–H and O–H groups in total. The highest BCUT2D eigenvalue weighted by Crippen LogP contribution is 2.20. The van der Waals surface area contributed by atoms with E-state index in [4.69, 9.17) is 9.63 Å². The van der Waals surface area contributed by atoms with Gasteiger partial charge in [0, 0.05) is 5.56 Å². The third-order valence-corrected chi connectivity index (χ3v) is 2.34. The Labute approximate surface area is 99.0 Å². The molecular formula is C11H16N2O4. The van der Waals surface area contributed by atoms with Crippen molar-refractivity contribution in [3.05, 3.63) is 17.5 Å². The number of hydrogen-bond donors (Lipinski definition) is 2. The van der Waals surface area contributed by atoms with Crippen LogP contribution in [0.2, 0.25) is 0 Å². The standard InChI is InChI=1S/C11H16N2O4/c1-6-5-12-17-7(6)9(14)13-8(10(15)16)11(2,3)4/h5,8H,1-4H3,(H,13,14)(H,15,16). The Kier molecular flexibility index (Phi) is 3.55. The molecule has 0 aliphatic heterocycles. The lowest BCUT2D eigenvalue weighted by molar-refractivity contribution is -0.142. The summed E-state index contributed by atoms with van der Waals surface area (Å²) in [4.78, 5) is 22.9. The molecule has 0 aliphatic rings. The first-order chi connectivity index (χ1) is 7.73. The van der Waals surface area contributed by atoms with E-state index in [0.717, 1.165) is 0 Å². The highest BCUT2D eigenvalue weighted by Gasteiger charge is 2.33. The molecule has 0 saturated heterocycles. The molecule has 0 aliphatic carbocycles. The van der Waals surface area contributed by atoms with Crippen molar-refractivity contribution in [3.8, 4) is 0 Å². The number of aliphatic carboxylic acids is 1. The van der Waals surface area contributed by atoms with Crippen LogP contribution >= 0.6 is 0 Å². The van der Waals surface area contributed by atoms with E-state index in [1.807, 2.05) is 0 Å². The molecule has 94 valence electrons. The summed E-state index contributed by atoms with van der Waals surface area (Å²) in [5.41, 5.74) is -0.0179. The van der Waals surface area contributed by atoms with Crippen LogP contribution in [0.1, 0.15) is 36.9 Å². The number of aryl methyl sites for hydroxylation is 1. The summed E-state index contributed by atoms with van der Waals surface area (Å²) in [5.74, 6) is -1.61. The topological polar surface area (TPSA) is 92.4 Å². The SMILES string of the molecule is Cc1cnoc1C(=O)NC(C(=O)O)C(C)(C)C. The summed E-state index contributed by atoms with van der Waals surface area (Å²) in [6, 6.07) is -0.987. The average molecular weight is 240 g/mol. The van der Waals surface area contributed by atoms with Crippen molar-refractivity contribution < 1.29 is 19.2 Å². The lowest BCUT2D eigenvalue weighted by atomic mass is 9.86. The van der Waals surface area contributed by atoms with Crippen LogP contribution < -0.4 is 5.32 Å². The Morgan fingerprint density at radius 2 is 2.06 bits per heavy atom. The van der Waals surface area contributed by atoms with Gasteiger partial charge in [0.05, 0.1) is 6.20 Å². The number of carbonyl (C=O) groups is 2. The predicted octanol–water partition coefficient (Wildman–Crippen LogP) is 1.21. The molecule has 1 atom stereocenters. The third-order valence-electron chi connectivity index (χ3n) is 2.34. The first-order valence-electron chi connectivity index (χ1n) is 5.18. The molecule has 6 nitrogen and oxygen atoms in total. The molecule has 1 heterocycles. The van der Waals surface area contributed by atoms with Crippen molar-refractivity contribution in [1.29, 1.82) is 0 Å². The lowest BCUT2D eigenvalue weighted by Gasteiger charge is -2.27. The Morgan fingerprint density at radius 1 is 1.47 bits per heavy atom. The van der Waals surface area contributed by atoms with E-state index in [1.54, 1.807) is 27.7 Å². The molecule has 0 saturated carbocycles. The van der Waals surface area contributed by atoms with Gasteiger partial charge in [-0.25, -0.2) is 4.79 Å². The summed E-state index contributed by atoms with van der Waals surface area (Å²) in [6.45, 7) is 6.87. The normalized spacial score (nSPS) is 13.2. The maximum atomic E-state index is 11.8. The summed E-state index contributed by atoms with van der Waals surface area (Å²) in [5, 5.41) is 15.0. The van der Waals surface area contributed by atoms with Crippen LogP contribution in [0.5, 0.6) is 0 Å². The maximum Gasteiger partial charge on any atom is 0.326 e. The predicted molar refractivity (Wildman–Crippen MR) is 59.6 cm³/mol. The van der Waals surface area contributed by atoms with E-state index in [1.165, 1.54) is 6.20 Å². The van der Waals surface area contributed by atoms with Crippen molar-refractivity contribution in [1.82, 2.24) is 10.5 Å². The smallest absolute Gasteiger partial charge is 0.326 e. The fraction of sp³-hybridized carbons (Fsp3) is 0.545. The molecule has 1 aromatic rings. The van der Waals surface area contributed by atoms with Gasteiger partial charge in [-0.05, 0) is 12.3 Å². The highest BCUT2D eigenvalue weighted by atomic mass is 16.5. The van der Waals surface area contributed by atoms with Crippen molar-refractivity contribution in [2.24, 2.45) is 5.41 Å². The third kappa shape index (κ3) is 3.05. The van der Waals surface area contributed by atoms with Gasteiger partial charge in [-0.1, -0.05) is 25.9 Å². The van der Waals surface area contributed by atoms with E-state index in [-0.39, 0.29) is 5.76 Å². The number of rotatable bonds is 3. The van der Waals surface area contributed by atoms with Gasteiger partial charge in [0.2, 0.25) is 5.76 Å². The molecule has 1 amide bonds. The largest absolute Gasteiger partial charge is 0.480 e. The van der Waals surface area contributed by atoms with Gasteiger partial charge in [0.25, 0.3) is 5.91 Å². The van der Waals surface area contributed by atoms with Crippen LogP contribution in [-0.4, -0.2) is 28.2 Å². The zero-order valence-electron chi connectivity index (χ0n) is 10.3. The lowest BCUT2D eigenvalue weighted by Crippen LogP contribution is -2.49. The van der Waals surface area contributed by atoms with Crippen LogP contribution in [0, 0.1) is 12.3 Å². The second kappa shape index (κ2) is 4.57. The van der Waals surface area contributed by atoms with Crippen LogP contribution in [-0.2, 0) is 4.79 Å². The molecule has 0 radical (unpaired) electrons. The van der Waals surface area contributed by atoms with Crippen LogP contribution in [0.4, 0.5) is 0 Å². The molecule has 0 spiro atoms. The molecular weight excluding hydrogens is 224 g/mol. The quantitative estimate of drug-likeness (QED) is 0.828. The van der Waals surface area contributed by atoms with Crippen LogP contribution in [0.25, 0.3) is 0 Å². The van der Waals surface area contributed by atoms with E-state index in [0.29, 0.717) is 5.56 Å². The van der Waals surface area contributed by atoms with Crippen LogP contribution in [0.3, 0.4) is 0 Å². The molecule has 1 aromatic heterocycles. The Morgan fingerprint density at radius 3 is 2.41 bits per heavy atom. The molecule has 17 heavy (non-hydrogen) atoms. The number of carbonyl (C=O) groups excluding carboxylic acids is 1. The minimum atomic E-state index is -1.08. The van der Waals surface area contributed by atoms with Gasteiger partial charge in [0.1, 0.15) is 6.04 Å². The number of nitrogens with zero attached hydrogens (tertiary/aromatic N) is 1. The minimum absolute atomic E-state index is 0.0421. The van der Waals surface area contributed by atoms with E-state index < -0.39 is 23.3 Å². The Bertz CT molecular complexity index is 431. The number of carboxylic acid groups (broad SMARTS) is 1. The van der Waals surface area contributed by atoms with Crippen molar-refractivity contribution in [3.63, 3.8) is 0 Å². The summed E-state index contributed by atoms with van der Waals surface area (Å²) in [7, 11) is 0. The van der Waals surface area contributed by atoms with Crippen LogP contribution in [0.15, 0.2) is 10.7 Å². The summed E-state index contributed by atoms with van der Waals surface area (Å²) >= 11 is 0. The maximum absolute atomic E-state index is 11.8. The van der Waals surface area contributed by atoms with Gasteiger partial charge >= 0.3 is 5.97 Å².